The van der Waals surface area contributed by atoms with Crippen LogP contribution in [0.5, 0.6) is 0 Å². The summed E-state index contributed by atoms with van der Waals surface area (Å²) in [6.45, 7) is 4.38. The molecule has 0 aliphatic heterocycles. The molecule has 2 aromatic rings. The first-order valence-electron chi connectivity index (χ1n) is 5.33. The number of hydrogen-bond acceptors (Lipinski definition) is 1. The quantitative estimate of drug-likeness (QED) is 0.586. The maximum Gasteiger partial charge on any atom is 0.0115 e. The van der Waals surface area contributed by atoms with Crippen molar-refractivity contribution in [1.82, 2.24) is 0 Å². The van der Waals surface area contributed by atoms with Crippen molar-refractivity contribution in [2.45, 2.75) is 19.9 Å². The van der Waals surface area contributed by atoms with Gasteiger partial charge in [-0.05, 0) is 20.9 Å². The molecule has 1 nitrogen and oxygen atoms in total. The number of hydrogen-bond donors (Lipinski definition) is 0. The van der Waals surface area contributed by atoms with Gasteiger partial charge in [0.05, 0.1) is 0 Å². The molecule has 0 unspecified atom stereocenters. The van der Waals surface area contributed by atoms with Gasteiger partial charge in [0.2, 0.25) is 0 Å². The molecule has 2 aromatic carbocycles. The van der Waals surface area contributed by atoms with E-state index in [-0.39, 0.29) is 17.1 Å². The van der Waals surface area contributed by atoms with Crippen LogP contribution in [0.4, 0.5) is 5.69 Å². The van der Waals surface area contributed by atoms with Crippen molar-refractivity contribution in [3.05, 3.63) is 54.6 Å². The molecule has 0 spiro atoms. The molecule has 0 aromatic heterocycles. The zero-order valence-corrected chi connectivity index (χ0v) is 11.2. The Labute approximate surface area is 109 Å². The van der Waals surface area contributed by atoms with E-state index in [2.05, 4.69) is 50.1 Å². The number of rotatable bonds is 2. The fraction of sp³-hybridized carbons (Fsp3) is 0.286. The third-order valence-electron chi connectivity index (χ3n) is 2.38. The predicted molar refractivity (Wildman–Crippen MR) is 67.6 cm³/mol. The summed E-state index contributed by atoms with van der Waals surface area (Å²) in [5.74, 6) is 0. The van der Waals surface area contributed by atoms with Crippen molar-refractivity contribution in [3.63, 3.8) is 0 Å². The summed E-state index contributed by atoms with van der Waals surface area (Å²) in [7, 11) is 2.11. The molecule has 0 atom stereocenters. The van der Waals surface area contributed by atoms with Crippen LogP contribution in [0.2, 0.25) is 0 Å². The fourth-order valence-electron chi connectivity index (χ4n) is 1.22. The maximum atomic E-state index is 2.25. The third kappa shape index (κ3) is 5.20. The Morgan fingerprint density at radius 3 is 1.62 bits per heavy atom. The van der Waals surface area contributed by atoms with E-state index in [1.54, 1.807) is 0 Å². The van der Waals surface area contributed by atoms with Crippen LogP contribution in [-0.2, 0) is 17.1 Å². The van der Waals surface area contributed by atoms with Gasteiger partial charge in [0.25, 0.3) is 0 Å². The van der Waals surface area contributed by atoms with Gasteiger partial charge in [0, 0.05) is 23.1 Å². The van der Waals surface area contributed by atoms with Gasteiger partial charge >= 0.3 is 0 Å². The van der Waals surface area contributed by atoms with E-state index in [0.717, 1.165) is 0 Å². The second kappa shape index (κ2) is 8.20. The summed E-state index contributed by atoms with van der Waals surface area (Å²) >= 11 is 0. The topological polar surface area (TPSA) is 3.24 Å². The molecule has 0 aliphatic rings. The summed E-state index contributed by atoms with van der Waals surface area (Å²) in [5.41, 5.74) is 1.30. The van der Waals surface area contributed by atoms with E-state index >= 15 is 0 Å². The monoisotopic (exact) mass is 257 g/mol. The largest absolute Gasteiger partial charge is 0.748 e. The van der Waals surface area contributed by atoms with E-state index < -0.39 is 0 Å². The molecule has 0 amide bonds. The summed E-state index contributed by atoms with van der Waals surface area (Å²) in [5, 5.41) is 0. The van der Waals surface area contributed by atoms with Gasteiger partial charge in [-0.3, -0.25) is 0 Å². The van der Waals surface area contributed by atoms with Crippen LogP contribution in [0, 0.1) is 0 Å². The second-order valence-electron chi connectivity index (χ2n) is 3.81. The average molecular weight is 257 g/mol. The van der Waals surface area contributed by atoms with E-state index in [0.29, 0.717) is 6.04 Å². The summed E-state index contributed by atoms with van der Waals surface area (Å²) in [6, 6.07) is 19.0. The van der Waals surface area contributed by atoms with Crippen molar-refractivity contribution in [2.24, 2.45) is 0 Å². The van der Waals surface area contributed by atoms with Gasteiger partial charge in [-0.2, -0.15) is 12.1 Å². The molecular formula is C14H19FeN-6. The van der Waals surface area contributed by atoms with Crippen LogP contribution in [0.3, 0.4) is 0 Å². The molecule has 0 bridgehead atoms. The van der Waals surface area contributed by atoms with E-state index in [1.165, 1.54) is 5.69 Å². The Morgan fingerprint density at radius 2 is 1.31 bits per heavy atom. The first-order valence-corrected chi connectivity index (χ1v) is 5.33. The van der Waals surface area contributed by atoms with Gasteiger partial charge in [0.1, 0.15) is 0 Å². The zero-order chi connectivity index (χ0) is 11.1. The van der Waals surface area contributed by atoms with E-state index in [4.69, 9.17) is 0 Å². The van der Waals surface area contributed by atoms with Gasteiger partial charge < -0.3 is 35.2 Å². The molecule has 0 fully saturated rings. The molecule has 2 rings (SSSR count). The third-order valence-corrected chi connectivity index (χ3v) is 2.38. The molecule has 0 saturated carbocycles. The Balaban J connectivity index is 0.000000318. The predicted octanol–water partition coefficient (Wildman–Crippen LogP) is 3.65. The second-order valence-corrected chi connectivity index (χ2v) is 3.81. The Bertz CT molecular complexity index is 304. The first-order chi connectivity index (χ1) is 7.22. The van der Waals surface area contributed by atoms with Crippen LogP contribution in [0.25, 0.3) is 0 Å². The molecular weight excluding hydrogens is 238 g/mol. The van der Waals surface area contributed by atoms with Crippen molar-refractivity contribution in [2.75, 3.05) is 11.9 Å². The smallest absolute Gasteiger partial charge is 0.0115 e. The maximum absolute atomic E-state index is 2.25. The average Bonchev–Trinajstić information content (AvgIpc) is 2.92. The summed E-state index contributed by atoms with van der Waals surface area (Å²) in [6.07, 6.45) is 0. The molecule has 16 heavy (non-hydrogen) atoms. The zero-order valence-electron chi connectivity index (χ0n) is 10.1. The van der Waals surface area contributed by atoms with Gasteiger partial charge in [-0.15, -0.1) is 0 Å². The van der Waals surface area contributed by atoms with Gasteiger partial charge in [-0.1, -0.05) is 5.69 Å². The molecule has 94 valence electrons. The van der Waals surface area contributed by atoms with Crippen molar-refractivity contribution < 1.29 is 17.1 Å². The molecule has 2 heteroatoms. The standard InChI is InChI=1S/C9H14N.C5H5.Fe/c1-8(2)10(3)9-6-4-5-7-9;1-2-4-5-3-1;/h4-8H,1-3H3;1-5H;/q-1;-5;. The van der Waals surface area contributed by atoms with Crippen LogP contribution >= 0.6 is 0 Å². The van der Waals surface area contributed by atoms with Crippen molar-refractivity contribution in [1.29, 1.82) is 0 Å². The van der Waals surface area contributed by atoms with Crippen LogP contribution in [0.15, 0.2) is 54.6 Å². The van der Waals surface area contributed by atoms with Crippen LogP contribution in [0.1, 0.15) is 13.8 Å². The van der Waals surface area contributed by atoms with E-state index in [9.17, 15) is 0 Å². The molecule has 0 saturated heterocycles. The minimum atomic E-state index is 0. The first kappa shape index (κ1) is 15.0. The van der Waals surface area contributed by atoms with Crippen LogP contribution < -0.4 is 4.90 Å². The number of anilines is 1. The normalized spacial score (nSPS) is 9.00. The van der Waals surface area contributed by atoms with Gasteiger partial charge in [0.15, 0.2) is 0 Å². The Kier molecular flexibility index (Phi) is 7.70. The van der Waals surface area contributed by atoms with E-state index in [1.807, 2.05) is 30.3 Å². The summed E-state index contributed by atoms with van der Waals surface area (Å²) < 4.78 is 0. The summed E-state index contributed by atoms with van der Waals surface area (Å²) in [4.78, 5) is 2.25. The van der Waals surface area contributed by atoms with Crippen molar-refractivity contribution >= 4 is 5.69 Å². The Morgan fingerprint density at radius 1 is 0.938 bits per heavy atom. The molecule has 0 N–H and O–H groups in total. The molecule has 0 heterocycles. The SMILES string of the molecule is CC(C)N(C)[c-]1cccc1.[Fe].[cH-]1[cH-][cH-][cH-][cH-]1. The minimum absolute atomic E-state index is 0. The fourth-order valence-corrected chi connectivity index (χ4v) is 1.22. The Hall–Kier alpha value is -0.981. The number of nitrogens with zero attached hydrogens (tertiary/aromatic N) is 1. The van der Waals surface area contributed by atoms with Crippen molar-refractivity contribution in [3.8, 4) is 0 Å². The minimum Gasteiger partial charge on any atom is -0.748 e. The molecule has 0 aliphatic carbocycles. The van der Waals surface area contributed by atoms with Crippen LogP contribution in [-0.4, -0.2) is 13.1 Å². The van der Waals surface area contributed by atoms with Gasteiger partial charge in [-0.25, -0.2) is 12.1 Å². The molecule has 0 radical (unpaired) electrons.